The van der Waals surface area contributed by atoms with Gasteiger partial charge >= 0.3 is 0 Å². The van der Waals surface area contributed by atoms with Crippen LogP contribution in [0.1, 0.15) is 5.56 Å². The molecule has 0 bridgehead atoms. The fourth-order valence-corrected chi connectivity index (χ4v) is 3.41. The molecule has 0 radical (unpaired) electrons. The first-order valence-electron chi connectivity index (χ1n) is 6.69. The lowest BCUT2D eigenvalue weighted by Crippen LogP contribution is -2.01. The average Bonchev–Trinajstić information content (AvgIpc) is 3.12. The molecule has 0 saturated carbocycles. The maximum Gasteiger partial charge on any atom is 0.298 e. The summed E-state index contributed by atoms with van der Waals surface area (Å²) in [5.41, 5.74) is 2.22. The van der Waals surface area contributed by atoms with Gasteiger partial charge in [-0.25, -0.2) is 0 Å². The van der Waals surface area contributed by atoms with Gasteiger partial charge in [-0.15, -0.1) is 0 Å². The predicted molar refractivity (Wildman–Crippen MR) is 77.0 cm³/mol. The number of ether oxygens (including phenoxy) is 3. The van der Waals surface area contributed by atoms with Crippen molar-refractivity contribution in [1.82, 2.24) is 0 Å². The highest BCUT2D eigenvalue weighted by molar-refractivity contribution is 7.86. The van der Waals surface area contributed by atoms with Gasteiger partial charge in [-0.05, 0) is 41.0 Å². The summed E-state index contributed by atoms with van der Waals surface area (Å²) < 4.78 is 48.6. The Morgan fingerprint density at radius 2 is 1.77 bits per heavy atom. The fraction of sp³-hybridized carbons (Fsp3) is 0.200. The molecular weight excluding hydrogens is 308 g/mol. The van der Waals surface area contributed by atoms with Gasteiger partial charge in [0.15, 0.2) is 11.5 Å². The number of fused-ring (bicyclic) bond motifs is 2. The van der Waals surface area contributed by atoms with Gasteiger partial charge in [-0.3, -0.25) is 4.55 Å². The van der Waals surface area contributed by atoms with E-state index in [9.17, 15) is 13.0 Å². The van der Waals surface area contributed by atoms with Gasteiger partial charge in [-0.1, -0.05) is 6.07 Å². The number of hydrogen-bond acceptors (Lipinski definition) is 5. The molecule has 2 heterocycles. The molecule has 114 valence electrons. The highest BCUT2D eigenvalue weighted by Gasteiger charge is 2.25. The second-order valence-corrected chi connectivity index (χ2v) is 6.49. The molecule has 22 heavy (non-hydrogen) atoms. The summed E-state index contributed by atoms with van der Waals surface area (Å²) in [6, 6.07) is 8.66. The quantitative estimate of drug-likeness (QED) is 0.855. The van der Waals surface area contributed by atoms with Crippen LogP contribution in [0.25, 0.3) is 11.1 Å². The summed E-state index contributed by atoms with van der Waals surface area (Å²) in [6.07, 6.45) is 0.607. The Balaban J connectivity index is 1.89. The smallest absolute Gasteiger partial charge is 0.298 e. The van der Waals surface area contributed by atoms with Crippen LogP contribution in [0.3, 0.4) is 0 Å². The minimum absolute atomic E-state index is 0.174. The SMILES string of the molecule is O=S(=O)(O)c1cc(-c2ccc3c(c2)OCO3)cc2c1OCC2. The first kappa shape index (κ1) is 13.4. The lowest BCUT2D eigenvalue weighted by Gasteiger charge is -2.10. The van der Waals surface area contributed by atoms with E-state index in [4.69, 9.17) is 14.2 Å². The molecule has 0 aromatic heterocycles. The van der Waals surface area contributed by atoms with E-state index in [-0.39, 0.29) is 17.4 Å². The zero-order valence-electron chi connectivity index (χ0n) is 11.4. The van der Waals surface area contributed by atoms with Crippen molar-refractivity contribution in [3.8, 4) is 28.4 Å². The third-order valence-electron chi connectivity index (χ3n) is 3.73. The lowest BCUT2D eigenvalue weighted by molar-refractivity contribution is 0.174. The Kier molecular flexibility index (Phi) is 2.82. The van der Waals surface area contributed by atoms with Gasteiger partial charge in [0.05, 0.1) is 6.61 Å². The molecule has 0 spiro atoms. The Labute approximate surface area is 127 Å². The molecule has 0 unspecified atom stereocenters. The number of hydrogen-bond donors (Lipinski definition) is 1. The second kappa shape index (κ2) is 4.62. The van der Waals surface area contributed by atoms with Crippen molar-refractivity contribution in [2.24, 2.45) is 0 Å². The molecule has 0 saturated heterocycles. The van der Waals surface area contributed by atoms with Crippen molar-refractivity contribution in [2.45, 2.75) is 11.3 Å². The van der Waals surface area contributed by atoms with E-state index in [1.807, 2.05) is 12.1 Å². The summed E-state index contributed by atoms with van der Waals surface area (Å²) in [6.45, 7) is 0.579. The van der Waals surface area contributed by atoms with Crippen LogP contribution >= 0.6 is 0 Å². The summed E-state index contributed by atoms with van der Waals surface area (Å²) in [4.78, 5) is -0.199. The zero-order valence-corrected chi connectivity index (χ0v) is 12.2. The van der Waals surface area contributed by atoms with Crippen molar-refractivity contribution in [3.63, 3.8) is 0 Å². The van der Waals surface area contributed by atoms with Crippen molar-refractivity contribution >= 4 is 10.1 Å². The maximum absolute atomic E-state index is 11.6. The minimum atomic E-state index is -4.35. The number of benzene rings is 2. The van der Waals surface area contributed by atoms with Crippen LogP contribution in [-0.2, 0) is 16.5 Å². The Morgan fingerprint density at radius 3 is 2.59 bits per heavy atom. The molecule has 1 N–H and O–H groups in total. The van der Waals surface area contributed by atoms with Crippen LogP contribution < -0.4 is 14.2 Å². The lowest BCUT2D eigenvalue weighted by atomic mass is 10.0. The first-order chi connectivity index (χ1) is 10.5. The summed E-state index contributed by atoms with van der Waals surface area (Å²) in [5.74, 6) is 1.51. The highest BCUT2D eigenvalue weighted by atomic mass is 32.2. The Bertz CT molecular complexity index is 872. The summed E-state index contributed by atoms with van der Waals surface area (Å²) >= 11 is 0. The summed E-state index contributed by atoms with van der Waals surface area (Å²) in [7, 11) is -4.35. The van der Waals surface area contributed by atoms with E-state index in [0.717, 1.165) is 11.1 Å². The second-order valence-electron chi connectivity index (χ2n) is 5.10. The standard InChI is InChI=1S/C15H12O6S/c16-22(17,18)14-7-11(5-10-3-4-19-15(10)14)9-1-2-12-13(6-9)21-8-20-12/h1-2,5-7H,3-4,8H2,(H,16,17,18). The van der Waals surface area contributed by atoms with E-state index in [0.29, 0.717) is 30.1 Å². The summed E-state index contributed by atoms with van der Waals surface area (Å²) in [5, 5.41) is 0. The van der Waals surface area contributed by atoms with E-state index in [1.54, 1.807) is 12.1 Å². The van der Waals surface area contributed by atoms with E-state index >= 15 is 0 Å². The van der Waals surface area contributed by atoms with E-state index < -0.39 is 10.1 Å². The van der Waals surface area contributed by atoms with Gasteiger partial charge in [0, 0.05) is 6.42 Å². The van der Waals surface area contributed by atoms with Gasteiger partial charge < -0.3 is 14.2 Å². The molecule has 6 nitrogen and oxygen atoms in total. The average molecular weight is 320 g/mol. The van der Waals surface area contributed by atoms with Crippen molar-refractivity contribution in [2.75, 3.05) is 13.4 Å². The van der Waals surface area contributed by atoms with Crippen LogP contribution in [0.15, 0.2) is 35.2 Å². The molecule has 0 atom stereocenters. The van der Waals surface area contributed by atoms with E-state index in [1.165, 1.54) is 6.07 Å². The van der Waals surface area contributed by atoms with Crippen molar-refractivity contribution in [3.05, 3.63) is 35.9 Å². The molecule has 2 aromatic rings. The highest BCUT2D eigenvalue weighted by Crippen LogP contribution is 2.40. The Morgan fingerprint density at radius 1 is 0.955 bits per heavy atom. The van der Waals surface area contributed by atoms with Gasteiger partial charge in [0.25, 0.3) is 10.1 Å². The van der Waals surface area contributed by atoms with Crippen molar-refractivity contribution < 1.29 is 27.2 Å². The van der Waals surface area contributed by atoms with Crippen LogP contribution in [0.2, 0.25) is 0 Å². The third-order valence-corrected chi connectivity index (χ3v) is 4.59. The molecular formula is C15H12O6S. The van der Waals surface area contributed by atoms with Gasteiger partial charge in [0.2, 0.25) is 6.79 Å². The largest absolute Gasteiger partial charge is 0.491 e. The minimum Gasteiger partial charge on any atom is -0.491 e. The third kappa shape index (κ3) is 2.10. The van der Waals surface area contributed by atoms with Crippen LogP contribution in [0, 0.1) is 0 Å². The van der Waals surface area contributed by atoms with Crippen LogP contribution in [-0.4, -0.2) is 26.4 Å². The first-order valence-corrected chi connectivity index (χ1v) is 8.13. The van der Waals surface area contributed by atoms with E-state index in [2.05, 4.69) is 0 Å². The zero-order chi connectivity index (χ0) is 15.3. The van der Waals surface area contributed by atoms with Gasteiger partial charge in [-0.2, -0.15) is 8.42 Å². The molecule has 0 amide bonds. The maximum atomic E-state index is 11.6. The number of rotatable bonds is 2. The van der Waals surface area contributed by atoms with Gasteiger partial charge in [0.1, 0.15) is 10.6 Å². The molecule has 0 aliphatic carbocycles. The van der Waals surface area contributed by atoms with Crippen LogP contribution in [0.5, 0.6) is 17.2 Å². The monoisotopic (exact) mass is 320 g/mol. The van der Waals surface area contributed by atoms with Crippen molar-refractivity contribution in [1.29, 1.82) is 0 Å². The molecule has 2 aliphatic rings. The molecule has 0 fully saturated rings. The molecule has 4 rings (SSSR count). The normalized spacial score (nSPS) is 15.5. The molecule has 7 heteroatoms. The van der Waals surface area contributed by atoms with Crippen LogP contribution in [0.4, 0.5) is 0 Å². The topological polar surface area (TPSA) is 82.1 Å². The molecule has 2 aromatic carbocycles. The fourth-order valence-electron chi connectivity index (χ4n) is 2.71. The molecule has 2 aliphatic heterocycles. The predicted octanol–water partition coefficient (Wildman–Crippen LogP) is 2.26. The Hall–Kier alpha value is -2.25.